The molecule has 0 fully saturated rings. The van der Waals surface area contributed by atoms with Gasteiger partial charge >= 0.3 is 5.97 Å². The highest BCUT2D eigenvalue weighted by Gasteiger charge is 1.95. The molecule has 0 heterocycles. The van der Waals surface area contributed by atoms with E-state index in [4.69, 9.17) is 5.11 Å². The molecule has 0 saturated carbocycles. The Morgan fingerprint density at radius 3 is 2.50 bits per heavy atom. The zero-order valence-electron chi connectivity index (χ0n) is 6.00. The minimum Gasteiger partial charge on any atom is -0.481 e. The van der Waals surface area contributed by atoms with Crippen molar-refractivity contribution in [3.8, 4) is 0 Å². The lowest BCUT2D eigenvalue weighted by molar-refractivity contribution is -0.136. The summed E-state index contributed by atoms with van der Waals surface area (Å²) in [7, 11) is 3.39. The van der Waals surface area contributed by atoms with Crippen molar-refractivity contribution in [1.82, 2.24) is 0 Å². The molecule has 0 atom stereocenters. The third kappa shape index (κ3) is 8.17. The predicted molar refractivity (Wildman–Crippen MR) is 47.5 cm³/mol. The molecular weight excluding hydrogens is 168 g/mol. The lowest BCUT2D eigenvalue weighted by Gasteiger charge is -1.94. The highest BCUT2D eigenvalue weighted by molar-refractivity contribution is 8.76. The summed E-state index contributed by atoms with van der Waals surface area (Å²) in [6, 6.07) is 0. The number of carboxylic acid groups (broad SMARTS) is 1. The van der Waals surface area contributed by atoms with Crippen molar-refractivity contribution in [2.75, 3.05) is 11.5 Å². The molecule has 0 aliphatic carbocycles. The molecule has 0 radical (unpaired) electrons. The monoisotopic (exact) mass is 180 g/mol. The van der Waals surface area contributed by atoms with E-state index in [0.29, 0.717) is 0 Å². The molecule has 0 unspecified atom stereocenters. The van der Waals surface area contributed by atoms with Gasteiger partial charge in [-0.05, 0) is 6.42 Å². The number of aliphatic carboxylic acids is 1. The van der Waals surface area contributed by atoms with Gasteiger partial charge in [0.25, 0.3) is 0 Å². The van der Waals surface area contributed by atoms with Gasteiger partial charge in [-0.1, -0.05) is 28.5 Å². The van der Waals surface area contributed by atoms with Crippen LogP contribution >= 0.6 is 21.6 Å². The van der Waals surface area contributed by atoms with Gasteiger partial charge in [0, 0.05) is 11.5 Å². The Bertz CT molecular complexity index is 95.7. The summed E-state index contributed by atoms with van der Waals surface area (Å²) in [4.78, 5) is 10.0. The van der Waals surface area contributed by atoms with Gasteiger partial charge in [0.05, 0.1) is 6.42 Å². The Labute approximate surface area is 69.2 Å². The maximum atomic E-state index is 10.0. The molecular formula is C6H12O2S2. The largest absolute Gasteiger partial charge is 0.481 e. The van der Waals surface area contributed by atoms with Gasteiger partial charge in [0.2, 0.25) is 0 Å². The fraction of sp³-hybridized carbons (Fsp3) is 0.833. The summed E-state index contributed by atoms with van der Waals surface area (Å²) in [5, 5.41) is 8.25. The lowest BCUT2D eigenvalue weighted by atomic mass is 10.5. The molecule has 10 heavy (non-hydrogen) atoms. The van der Waals surface area contributed by atoms with E-state index < -0.39 is 5.97 Å². The molecule has 0 rings (SSSR count). The van der Waals surface area contributed by atoms with E-state index in [1.165, 1.54) is 0 Å². The first kappa shape index (κ1) is 10.2. The van der Waals surface area contributed by atoms with Crippen LogP contribution in [0.1, 0.15) is 19.8 Å². The standard InChI is InChI=1S/C6H12O2S2/c1-2-4-9-10-5-3-6(7)8/h2-5H2,1H3,(H,7,8). The van der Waals surface area contributed by atoms with Gasteiger partial charge in [-0.3, -0.25) is 4.79 Å². The average molecular weight is 180 g/mol. The maximum Gasteiger partial charge on any atom is 0.304 e. The van der Waals surface area contributed by atoms with Crippen molar-refractivity contribution in [3.05, 3.63) is 0 Å². The summed E-state index contributed by atoms with van der Waals surface area (Å²) >= 11 is 0. The Morgan fingerprint density at radius 2 is 2.00 bits per heavy atom. The number of hydrogen-bond acceptors (Lipinski definition) is 3. The average Bonchev–Trinajstić information content (AvgIpc) is 1.87. The zero-order valence-corrected chi connectivity index (χ0v) is 7.63. The van der Waals surface area contributed by atoms with E-state index >= 15 is 0 Å². The Morgan fingerprint density at radius 1 is 1.40 bits per heavy atom. The summed E-state index contributed by atoms with van der Waals surface area (Å²) < 4.78 is 0. The van der Waals surface area contributed by atoms with Crippen LogP contribution in [0.25, 0.3) is 0 Å². The van der Waals surface area contributed by atoms with Gasteiger partial charge in [-0.25, -0.2) is 0 Å². The van der Waals surface area contributed by atoms with Crippen molar-refractivity contribution >= 4 is 27.6 Å². The SMILES string of the molecule is CCCSSCCC(=O)O. The van der Waals surface area contributed by atoms with Gasteiger partial charge in [0.15, 0.2) is 0 Å². The van der Waals surface area contributed by atoms with Crippen LogP contribution in [0.2, 0.25) is 0 Å². The first-order valence-electron chi connectivity index (χ1n) is 3.23. The fourth-order valence-electron chi connectivity index (χ4n) is 0.330. The van der Waals surface area contributed by atoms with E-state index in [1.807, 2.05) is 0 Å². The van der Waals surface area contributed by atoms with Crippen LogP contribution in [-0.2, 0) is 4.79 Å². The Hall–Kier alpha value is 0.170. The topological polar surface area (TPSA) is 37.3 Å². The minimum atomic E-state index is -0.704. The van der Waals surface area contributed by atoms with Crippen molar-refractivity contribution in [3.63, 3.8) is 0 Å². The van der Waals surface area contributed by atoms with Crippen molar-refractivity contribution in [1.29, 1.82) is 0 Å². The quantitative estimate of drug-likeness (QED) is 0.502. The molecule has 1 N–H and O–H groups in total. The van der Waals surface area contributed by atoms with Crippen LogP contribution in [0, 0.1) is 0 Å². The molecule has 4 heteroatoms. The number of carbonyl (C=O) groups is 1. The van der Waals surface area contributed by atoms with Gasteiger partial charge in [0.1, 0.15) is 0 Å². The zero-order chi connectivity index (χ0) is 7.82. The van der Waals surface area contributed by atoms with E-state index in [0.717, 1.165) is 17.9 Å². The molecule has 0 spiro atoms. The van der Waals surface area contributed by atoms with Crippen LogP contribution in [0.15, 0.2) is 0 Å². The van der Waals surface area contributed by atoms with Crippen molar-refractivity contribution < 1.29 is 9.90 Å². The molecule has 60 valence electrons. The molecule has 0 aliphatic rings. The summed E-state index contributed by atoms with van der Waals surface area (Å²) in [5.41, 5.74) is 0. The molecule has 2 nitrogen and oxygen atoms in total. The minimum absolute atomic E-state index is 0.279. The van der Waals surface area contributed by atoms with E-state index in [-0.39, 0.29) is 6.42 Å². The molecule has 0 aromatic heterocycles. The predicted octanol–water partition coefficient (Wildman–Crippen LogP) is 2.25. The third-order valence-corrected chi connectivity index (χ3v) is 3.38. The van der Waals surface area contributed by atoms with Crippen LogP contribution in [0.4, 0.5) is 0 Å². The first-order valence-corrected chi connectivity index (χ1v) is 5.72. The molecule has 0 amide bonds. The fourth-order valence-corrected chi connectivity index (χ4v) is 2.45. The second kappa shape index (κ2) is 7.28. The molecule has 0 aliphatic heterocycles. The van der Waals surface area contributed by atoms with Crippen LogP contribution in [-0.4, -0.2) is 22.6 Å². The van der Waals surface area contributed by atoms with E-state index in [2.05, 4.69) is 6.92 Å². The lowest BCUT2D eigenvalue weighted by Crippen LogP contribution is -1.94. The second-order valence-corrected chi connectivity index (χ2v) is 4.49. The van der Waals surface area contributed by atoms with E-state index in [9.17, 15) is 4.79 Å². The molecule has 0 aromatic rings. The summed E-state index contributed by atoms with van der Waals surface area (Å²) in [6.07, 6.45) is 1.44. The molecule has 0 saturated heterocycles. The Kier molecular flexibility index (Phi) is 7.40. The second-order valence-electron chi connectivity index (χ2n) is 1.79. The highest BCUT2D eigenvalue weighted by atomic mass is 33.1. The van der Waals surface area contributed by atoms with Crippen molar-refractivity contribution in [2.24, 2.45) is 0 Å². The Balaban J connectivity index is 2.84. The van der Waals surface area contributed by atoms with Gasteiger partial charge in [-0.15, -0.1) is 0 Å². The number of carboxylic acids is 1. The van der Waals surface area contributed by atoms with Crippen LogP contribution < -0.4 is 0 Å². The highest BCUT2D eigenvalue weighted by Crippen LogP contribution is 2.22. The first-order chi connectivity index (χ1) is 4.77. The number of hydrogen-bond donors (Lipinski definition) is 1. The molecule has 0 aromatic carbocycles. The summed E-state index contributed by atoms with van der Waals surface area (Å²) in [5.74, 6) is 1.13. The molecule has 0 bridgehead atoms. The summed E-state index contributed by atoms with van der Waals surface area (Å²) in [6.45, 7) is 2.12. The maximum absolute atomic E-state index is 10.0. The normalized spacial score (nSPS) is 9.70. The van der Waals surface area contributed by atoms with Crippen LogP contribution in [0.5, 0.6) is 0 Å². The van der Waals surface area contributed by atoms with Gasteiger partial charge in [-0.2, -0.15) is 0 Å². The van der Waals surface area contributed by atoms with Crippen LogP contribution in [0.3, 0.4) is 0 Å². The number of rotatable bonds is 6. The smallest absolute Gasteiger partial charge is 0.304 e. The van der Waals surface area contributed by atoms with Crippen molar-refractivity contribution in [2.45, 2.75) is 19.8 Å². The van der Waals surface area contributed by atoms with Gasteiger partial charge < -0.3 is 5.11 Å². The third-order valence-electron chi connectivity index (χ3n) is 0.770. The van der Waals surface area contributed by atoms with E-state index in [1.54, 1.807) is 21.6 Å².